The van der Waals surface area contributed by atoms with Gasteiger partial charge in [-0.1, -0.05) is 26.1 Å². The lowest BCUT2D eigenvalue weighted by Crippen LogP contribution is -2.46. The van der Waals surface area contributed by atoms with E-state index in [2.05, 4.69) is 0 Å². The van der Waals surface area contributed by atoms with Crippen LogP contribution in [0.4, 0.5) is 8.78 Å². The molecule has 0 aliphatic heterocycles. The highest BCUT2D eigenvalue weighted by Crippen LogP contribution is 2.15. The Kier molecular flexibility index (Phi) is 7.13. The molecule has 0 aromatic rings. The first kappa shape index (κ1) is 16.2. The molecule has 0 aliphatic rings. The molecule has 0 spiro atoms. The van der Waals surface area contributed by atoms with E-state index in [1.807, 2.05) is 0 Å². The van der Waals surface area contributed by atoms with Crippen molar-refractivity contribution in [1.82, 2.24) is 4.90 Å². The van der Waals surface area contributed by atoms with Gasteiger partial charge in [0.15, 0.2) is 0 Å². The quantitative estimate of drug-likeness (QED) is 0.665. The Bertz CT molecular complexity index is 275. The predicted octanol–water partition coefficient (Wildman–Crippen LogP) is 0.631. The second kappa shape index (κ2) is 7.50. The first-order valence-electron chi connectivity index (χ1n) is 5.28. The van der Waals surface area contributed by atoms with Crippen LogP contribution in [0, 0.1) is 11.8 Å². The maximum atomic E-state index is 12.3. The molecule has 1 amide bonds. The van der Waals surface area contributed by atoms with Gasteiger partial charge in [0.2, 0.25) is 5.91 Å². The van der Waals surface area contributed by atoms with Crippen molar-refractivity contribution in [2.75, 3.05) is 19.7 Å². The highest BCUT2D eigenvalue weighted by atomic mass is 32.1. The third-order valence-electron chi connectivity index (χ3n) is 2.28. The van der Waals surface area contributed by atoms with Gasteiger partial charge in [-0.3, -0.25) is 4.79 Å². The molecule has 0 rings (SSSR count). The van der Waals surface area contributed by atoms with Crippen LogP contribution in [0.25, 0.3) is 0 Å². The first-order valence-corrected chi connectivity index (χ1v) is 5.69. The van der Waals surface area contributed by atoms with Crippen LogP contribution in [0.15, 0.2) is 0 Å². The second-order valence-electron chi connectivity index (χ2n) is 4.02. The van der Waals surface area contributed by atoms with Gasteiger partial charge in [0.1, 0.15) is 0 Å². The van der Waals surface area contributed by atoms with Crippen LogP contribution in [0.1, 0.15) is 13.8 Å². The van der Waals surface area contributed by atoms with Gasteiger partial charge in [0.05, 0.1) is 24.1 Å². The lowest BCUT2D eigenvalue weighted by molar-refractivity contribution is -0.136. The largest absolute Gasteiger partial charge is 0.395 e. The summed E-state index contributed by atoms with van der Waals surface area (Å²) in [4.78, 5) is 12.9. The number of rotatable bonds is 7. The van der Waals surface area contributed by atoms with E-state index in [9.17, 15) is 13.6 Å². The van der Waals surface area contributed by atoms with Gasteiger partial charge in [-0.05, 0) is 5.92 Å². The third-order valence-corrected chi connectivity index (χ3v) is 2.53. The van der Waals surface area contributed by atoms with Crippen molar-refractivity contribution < 1.29 is 18.7 Å². The monoisotopic (exact) mass is 268 g/mol. The van der Waals surface area contributed by atoms with E-state index in [-0.39, 0.29) is 24.1 Å². The third kappa shape index (κ3) is 5.36. The highest BCUT2D eigenvalue weighted by molar-refractivity contribution is 7.80. The van der Waals surface area contributed by atoms with Crippen molar-refractivity contribution in [3.63, 3.8) is 0 Å². The predicted molar refractivity (Wildman–Crippen MR) is 64.8 cm³/mol. The summed E-state index contributed by atoms with van der Waals surface area (Å²) in [7, 11) is 0. The molecule has 0 saturated carbocycles. The van der Waals surface area contributed by atoms with Crippen molar-refractivity contribution in [1.29, 1.82) is 0 Å². The fraction of sp³-hybridized carbons (Fsp3) is 0.800. The van der Waals surface area contributed by atoms with Gasteiger partial charge in [0.25, 0.3) is 6.43 Å². The molecule has 0 bridgehead atoms. The van der Waals surface area contributed by atoms with E-state index in [0.29, 0.717) is 0 Å². The topological polar surface area (TPSA) is 66.6 Å². The number of hydrogen-bond donors (Lipinski definition) is 2. The number of hydrogen-bond acceptors (Lipinski definition) is 3. The fourth-order valence-corrected chi connectivity index (χ4v) is 1.88. The number of aliphatic hydroxyl groups is 1. The van der Waals surface area contributed by atoms with Crippen LogP contribution >= 0.6 is 12.2 Å². The van der Waals surface area contributed by atoms with Crippen LogP contribution < -0.4 is 5.73 Å². The number of carbonyl (C=O) groups is 1. The summed E-state index contributed by atoms with van der Waals surface area (Å²) in [6, 6.07) is 0. The van der Waals surface area contributed by atoms with E-state index in [1.54, 1.807) is 13.8 Å². The summed E-state index contributed by atoms with van der Waals surface area (Å²) in [5.41, 5.74) is 5.44. The average molecular weight is 268 g/mol. The number of nitrogens with two attached hydrogens (primary N) is 1. The molecule has 0 aromatic heterocycles. The van der Waals surface area contributed by atoms with Crippen molar-refractivity contribution in [3.05, 3.63) is 0 Å². The first-order chi connectivity index (χ1) is 7.81. The Hall–Kier alpha value is -0.820. The van der Waals surface area contributed by atoms with Crippen LogP contribution in [-0.4, -0.2) is 47.0 Å². The molecule has 0 radical (unpaired) electrons. The fourth-order valence-electron chi connectivity index (χ4n) is 1.51. The minimum atomic E-state index is -2.65. The van der Waals surface area contributed by atoms with Crippen LogP contribution in [-0.2, 0) is 4.79 Å². The molecular weight excluding hydrogens is 250 g/mol. The molecule has 1 atom stereocenters. The van der Waals surface area contributed by atoms with Gasteiger partial charge < -0.3 is 15.7 Å². The second-order valence-corrected chi connectivity index (χ2v) is 4.49. The number of amides is 1. The molecule has 1 unspecified atom stereocenters. The zero-order valence-corrected chi connectivity index (χ0v) is 10.7. The number of halogens is 2. The number of carbonyl (C=O) groups excluding carboxylic acids is 1. The summed E-state index contributed by atoms with van der Waals surface area (Å²) in [5, 5.41) is 8.75. The van der Waals surface area contributed by atoms with E-state index in [0.717, 1.165) is 4.90 Å². The maximum Gasteiger partial charge on any atom is 0.255 e. The zero-order valence-electron chi connectivity index (χ0n) is 9.90. The zero-order chi connectivity index (χ0) is 13.6. The minimum absolute atomic E-state index is 0.0118. The molecule has 0 heterocycles. The number of thiocarbonyl (C=S) groups is 1. The maximum absolute atomic E-state index is 12.3. The van der Waals surface area contributed by atoms with E-state index < -0.39 is 24.8 Å². The molecular formula is C10H18F2N2O2S. The Morgan fingerprint density at radius 3 is 2.29 bits per heavy atom. The average Bonchev–Trinajstić information content (AvgIpc) is 2.14. The van der Waals surface area contributed by atoms with Gasteiger partial charge in [0, 0.05) is 6.54 Å². The van der Waals surface area contributed by atoms with E-state index in [1.165, 1.54) is 0 Å². The van der Waals surface area contributed by atoms with Crippen molar-refractivity contribution in [2.24, 2.45) is 17.6 Å². The minimum Gasteiger partial charge on any atom is -0.395 e. The molecule has 3 N–H and O–H groups in total. The summed E-state index contributed by atoms with van der Waals surface area (Å²) in [6.07, 6.45) is -2.65. The molecule has 0 saturated heterocycles. The van der Waals surface area contributed by atoms with Crippen molar-refractivity contribution >= 4 is 23.1 Å². The van der Waals surface area contributed by atoms with Crippen molar-refractivity contribution in [2.45, 2.75) is 20.3 Å². The van der Waals surface area contributed by atoms with Gasteiger partial charge in [-0.15, -0.1) is 0 Å². The summed E-state index contributed by atoms with van der Waals surface area (Å²) < 4.78 is 24.6. The van der Waals surface area contributed by atoms with E-state index in [4.69, 9.17) is 23.1 Å². The van der Waals surface area contributed by atoms with Gasteiger partial charge >= 0.3 is 0 Å². The summed E-state index contributed by atoms with van der Waals surface area (Å²) >= 11 is 4.77. The van der Waals surface area contributed by atoms with E-state index >= 15 is 0 Å². The summed E-state index contributed by atoms with van der Waals surface area (Å²) in [5.74, 6) is -1.49. The molecule has 17 heavy (non-hydrogen) atoms. The Balaban J connectivity index is 4.83. The Morgan fingerprint density at radius 1 is 1.47 bits per heavy atom. The molecule has 4 nitrogen and oxygen atoms in total. The highest BCUT2D eigenvalue weighted by Gasteiger charge is 2.30. The van der Waals surface area contributed by atoms with Crippen LogP contribution in [0.3, 0.4) is 0 Å². The molecule has 100 valence electrons. The van der Waals surface area contributed by atoms with Crippen LogP contribution in [0.2, 0.25) is 0 Å². The lowest BCUT2D eigenvalue weighted by Gasteiger charge is -2.28. The molecule has 0 aliphatic carbocycles. The van der Waals surface area contributed by atoms with Gasteiger partial charge in [-0.25, -0.2) is 8.78 Å². The normalized spacial score (nSPS) is 12.9. The molecule has 7 heteroatoms. The summed E-state index contributed by atoms with van der Waals surface area (Å²) in [6.45, 7) is 2.24. The van der Waals surface area contributed by atoms with Crippen molar-refractivity contribution in [3.8, 4) is 0 Å². The lowest BCUT2D eigenvalue weighted by atomic mass is 9.94. The van der Waals surface area contributed by atoms with Crippen LogP contribution in [0.5, 0.6) is 0 Å². The Labute approximate surface area is 105 Å². The Morgan fingerprint density at radius 2 is 2.00 bits per heavy atom. The molecule has 0 aromatic carbocycles. The number of nitrogens with zero attached hydrogens (tertiary/aromatic N) is 1. The SMILES string of the molecule is CC(C)C(C(=O)N(CCO)CC(F)F)C(N)=S. The smallest absolute Gasteiger partial charge is 0.255 e. The molecule has 0 fully saturated rings. The number of alkyl halides is 2. The number of aliphatic hydroxyl groups excluding tert-OH is 1. The van der Waals surface area contributed by atoms with Gasteiger partial charge in [-0.2, -0.15) is 0 Å². The standard InChI is InChI=1S/C10H18F2N2O2S/c1-6(2)8(9(13)17)10(16)14(3-4-15)5-7(11)12/h6-8,15H,3-5H2,1-2H3,(H2,13,17).